The van der Waals surface area contributed by atoms with Crippen LogP contribution in [0, 0.1) is 11.6 Å². The van der Waals surface area contributed by atoms with Crippen molar-refractivity contribution in [3.63, 3.8) is 0 Å². The topological polar surface area (TPSA) is 95.6 Å². The molecular formula is C11H14F2N2O3. The average Bonchev–Trinajstić information content (AvgIpc) is 2.33. The predicted molar refractivity (Wildman–Crippen MR) is 60.8 cm³/mol. The highest BCUT2D eigenvalue weighted by atomic mass is 19.1. The molecule has 5 nitrogen and oxygen atoms in total. The molecule has 0 fully saturated rings. The standard InChI is InChI=1S/C11H14F2N2O3/c1-11(4-16,5-17)15-10(18)6-2-9(14)8(13)3-7(6)12/h2-3,16-17H,4-5,14H2,1H3,(H,15,18). The predicted octanol–water partition coefficient (Wildman–Crippen LogP) is 0.0201. The lowest BCUT2D eigenvalue weighted by Gasteiger charge is -2.26. The highest BCUT2D eigenvalue weighted by Gasteiger charge is 2.26. The maximum absolute atomic E-state index is 13.4. The van der Waals surface area contributed by atoms with Gasteiger partial charge >= 0.3 is 0 Å². The lowest BCUT2D eigenvalue weighted by atomic mass is 10.0. The number of amides is 1. The van der Waals surface area contributed by atoms with E-state index in [0.29, 0.717) is 6.07 Å². The zero-order chi connectivity index (χ0) is 13.9. The SMILES string of the molecule is CC(CO)(CO)NC(=O)c1cc(N)c(F)cc1F. The molecule has 0 aromatic heterocycles. The Balaban J connectivity index is 3.01. The molecule has 0 aliphatic rings. The van der Waals surface area contributed by atoms with Gasteiger partial charge in [-0.1, -0.05) is 0 Å². The number of aliphatic hydroxyl groups is 2. The second-order valence-corrected chi connectivity index (χ2v) is 4.18. The van der Waals surface area contributed by atoms with Crippen molar-refractivity contribution in [2.75, 3.05) is 18.9 Å². The van der Waals surface area contributed by atoms with E-state index < -0.39 is 41.9 Å². The van der Waals surface area contributed by atoms with Gasteiger partial charge in [0, 0.05) is 6.07 Å². The van der Waals surface area contributed by atoms with Crippen molar-refractivity contribution in [3.8, 4) is 0 Å². The minimum absolute atomic E-state index is 0.365. The van der Waals surface area contributed by atoms with Crippen LogP contribution in [-0.4, -0.2) is 34.9 Å². The van der Waals surface area contributed by atoms with E-state index in [1.165, 1.54) is 6.92 Å². The summed E-state index contributed by atoms with van der Waals surface area (Å²) in [7, 11) is 0. The van der Waals surface area contributed by atoms with Gasteiger partial charge in [-0.05, 0) is 13.0 Å². The second-order valence-electron chi connectivity index (χ2n) is 4.18. The first-order chi connectivity index (χ1) is 8.33. The van der Waals surface area contributed by atoms with Crippen LogP contribution in [-0.2, 0) is 0 Å². The van der Waals surface area contributed by atoms with E-state index in [0.717, 1.165) is 6.07 Å². The van der Waals surface area contributed by atoms with Crippen molar-refractivity contribution in [2.24, 2.45) is 0 Å². The van der Waals surface area contributed by atoms with Gasteiger partial charge in [0.15, 0.2) is 0 Å². The number of nitrogen functional groups attached to an aromatic ring is 1. The van der Waals surface area contributed by atoms with Gasteiger partial charge in [0.1, 0.15) is 11.6 Å². The molecule has 1 aromatic rings. The molecule has 0 radical (unpaired) electrons. The van der Waals surface area contributed by atoms with E-state index in [2.05, 4.69) is 5.32 Å². The van der Waals surface area contributed by atoms with Gasteiger partial charge in [-0.2, -0.15) is 0 Å². The third kappa shape index (κ3) is 2.93. The summed E-state index contributed by atoms with van der Waals surface area (Å²) in [4.78, 5) is 11.7. The molecule has 5 N–H and O–H groups in total. The van der Waals surface area contributed by atoms with Gasteiger partial charge in [-0.25, -0.2) is 8.78 Å². The lowest BCUT2D eigenvalue weighted by molar-refractivity contribution is 0.0720. The minimum atomic E-state index is -1.30. The van der Waals surface area contributed by atoms with Crippen molar-refractivity contribution in [3.05, 3.63) is 29.3 Å². The summed E-state index contributed by atoms with van der Waals surface area (Å²) in [6, 6.07) is 1.36. The van der Waals surface area contributed by atoms with Crippen LogP contribution in [0.25, 0.3) is 0 Å². The molecule has 0 saturated heterocycles. The number of hydrogen-bond acceptors (Lipinski definition) is 4. The summed E-state index contributed by atoms with van der Waals surface area (Å²) in [6.07, 6.45) is 0. The Morgan fingerprint density at radius 3 is 2.39 bits per heavy atom. The van der Waals surface area contributed by atoms with E-state index in [1.54, 1.807) is 0 Å². The number of nitrogens with one attached hydrogen (secondary N) is 1. The summed E-state index contributed by atoms with van der Waals surface area (Å²) >= 11 is 0. The number of halogens is 2. The molecule has 100 valence electrons. The number of nitrogens with two attached hydrogens (primary N) is 1. The third-order valence-electron chi connectivity index (χ3n) is 2.44. The first kappa shape index (κ1) is 14.3. The summed E-state index contributed by atoms with van der Waals surface area (Å²) in [5.74, 6) is -2.93. The maximum atomic E-state index is 13.4. The molecule has 7 heteroatoms. The second kappa shape index (κ2) is 5.28. The number of benzene rings is 1. The molecule has 0 bridgehead atoms. The molecule has 0 spiro atoms. The zero-order valence-electron chi connectivity index (χ0n) is 9.70. The lowest BCUT2D eigenvalue weighted by Crippen LogP contribution is -2.51. The summed E-state index contributed by atoms with van der Waals surface area (Å²) in [6.45, 7) is 0.302. The number of rotatable bonds is 4. The summed E-state index contributed by atoms with van der Waals surface area (Å²) in [5, 5.41) is 20.2. The van der Waals surface area contributed by atoms with E-state index >= 15 is 0 Å². The van der Waals surface area contributed by atoms with Crippen molar-refractivity contribution < 1.29 is 23.8 Å². The Morgan fingerprint density at radius 1 is 1.33 bits per heavy atom. The van der Waals surface area contributed by atoms with Crippen molar-refractivity contribution in [1.29, 1.82) is 0 Å². The Hall–Kier alpha value is -1.73. The van der Waals surface area contributed by atoms with Crippen LogP contribution in [0.4, 0.5) is 14.5 Å². The van der Waals surface area contributed by atoms with Crippen LogP contribution in [0.2, 0.25) is 0 Å². The molecule has 18 heavy (non-hydrogen) atoms. The highest BCUT2D eigenvalue weighted by molar-refractivity contribution is 5.95. The molecule has 0 saturated carbocycles. The van der Waals surface area contributed by atoms with E-state index in [1.807, 2.05) is 0 Å². The van der Waals surface area contributed by atoms with E-state index in [-0.39, 0.29) is 5.69 Å². The van der Waals surface area contributed by atoms with E-state index in [4.69, 9.17) is 15.9 Å². The monoisotopic (exact) mass is 260 g/mol. The molecule has 1 amide bonds. The first-order valence-corrected chi connectivity index (χ1v) is 5.12. The number of carbonyl (C=O) groups excluding carboxylic acids is 1. The van der Waals surface area contributed by atoms with Crippen molar-refractivity contribution in [2.45, 2.75) is 12.5 Å². The molecule has 0 aliphatic heterocycles. The molecular weight excluding hydrogens is 246 g/mol. The Kier molecular flexibility index (Phi) is 4.20. The zero-order valence-corrected chi connectivity index (χ0v) is 9.70. The minimum Gasteiger partial charge on any atom is -0.396 e. The van der Waals surface area contributed by atoms with Crippen molar-refractivity contribution in [1.82, 2.24) is 5.32 Å². The quantitative estimate of drug-likeness (QED) is 0.574. The van der Waals surface area contributed by atoms with Crippen LogP contribution >= 0.6 is 0 Å². The third-order valence-corrected chi connectivity index (χ3v) is 2.44. The summed E-state index contributed by atoms with van der Waals surface area (Å²) in [5.41, 5.74) is 3.12. The first-order valence-electron chi connectivity index (χ1n) is 5.12. The number of aliphatic hydroxyl groups excluding tert-OH is 2. The van der Waals surface area contributed by atoms with Crippen LogP contribution in [0.5, 0.6) is 0 Å². The normalized spacial score (nSPS) is 11.4. The largest absolute Gasteiger partial charge is 0.396 e. The van der Waals surface area contributed by atoms with Crippen LogP contribution in [0.15, 0.2) is 12.1 Å². The Labute approximate surface area is 102 Å². The number of carbonyl (C=O) groups is 1. The Morgan fingerprint density at radius 2 is 1.89 bits per heavy atom. The Bertz CT molecular complexity index is 462. The van der Waals surface area contributed by atoms with Crippen LogP contribution in [0.3, 0.4) is 0 Å². The van der Waals surface area contributed by atoms with Gasteiger partial charge in [-0.3, -0.25) is 4.79 Å². The van der Waals surface area contributed by atoms with Gasteiger partial charge in [0.05, 0.1) is 30.0 Å². The highest BCUT2D eigenvalue weighted by Crippen LogP contribution is 2.17. The maximum Gasteiger partial charge on any atom is 0.254 e. The summed E-state index contributed by atoms with van der Waals surface area (Å²) < 4.78 is 26.3. The van der Waals surface area contributed by atoms with Gasteiger partial charge in [0.25, 0.3) is 5.91 Å². The van der Waals surface area contributed by atoms with Gasteiger partial charge in [0.2, 0.25) is 0 Å². The number of anilines is 1. The smallest absolute Gasteiger partial charge is 0.254 e. The van der Waals surface area contributed by atoms with Crippen LogP contribution < -0.4 is 11.1 Å². The molecule has 1 aromatic carbocycles. The molecule has 0 heterocycles. The fraction of sp³-hybridized carbons (Fsp3) is 0.364. The fourth-order valence-corrected chi connectivity index (χ4v) is 1.21. The van der Waals surface area contributed by atoms with Gasteiger partial charge < -0.3 is 21.3 Å². The van der Waals surface area contributed by atoms with Crippen LogP contribution in [0.1, 0.15) is 17.3 Å². The molecule has 0 atom stereocenters. The van der Waals surface area contributed by atoms with Crippen molar-refractivity contribution >= 4 is 11.6 Å². The van der Waals surface area contributed by atoms with E-state index in [9.17, 15) is 13.6 Å². The molecule has 0 aliphatic carbocycles. The molecule has 1 rings (SSSR count). The average molecular weight is 260 g/mol. The number of hydrogen-bond donors (Lipinski definition) is 4. The van der Waals surface area contributed by atoms with Gasteiger partial charge in [-0.15, -0.1) is 0 Å². The fourth-order valence-electron chi connectivity index (χ4n) is 1.21. The molecule has 0 unspecified atom stereocenters.